The van der Waals surface area contributed by atoms with Crippen molar-refractivity contribution in [3.05, 3.63) is 29.8 Å². The van der Waals surface area contributed by atoms with Gasteiger partial charge in [0, 0.05) is 0 Å². The fourth-order valence-corrected chi connectivity index (χ4v) is 1.79. The number of rotatable bonds is 7. The van der Waals surface area contributed by atoms with Crippen LogP contribution in [0.25, 0.3) is 0 Å². The first-order valence-corrected chi connectivity index (χ1v) is 6.31. The van der Waals surface area contributed by atoms with Crippen LogP contribution in [-0.2, 0) is 5.54 Å². The number of alkyl halides is 2. The van der Waals surface area contributed by atoms with E-state index in [-0.39, 0.29) is 0 Å². The molecule has 1 N–H and O–H groups in total. The van der Waals surface area contributed by atoms with Crippen molar-refractivity contribution < 1.29 is 13.5 Å². The second-order valence-electron chi connectivity index (χ2n) is 4.41. The highest BCUT2D eigenvalue weighted by Gasteiger charge is 2.35. The number of benzene rings is 1. The summed E-state index contributed by atoms with van der Waals surface area (Å²) >= 11 is 0. The Morgan fingerprint density at radius 2 is 1.83 bits per heavy atom. The minimum atomic E-state index is -2.46. The minimum Gasteiger partial charge on any atom is -0.494 e. The van der Waals surface area contributed by atoms with E-state index in [2.05, 4.69) is 5.32 Å². The van der Waals surface area contributed by atoms with Crippen LogP contribution in [0.3, 0.4) is 0 Å². The molecule has 4 heteroatoms. The third kappa shape index (κ3) is 3.42. The SMILES string of the molecule is CCCOc1ccc(C(C)(NCC)C(F)F)cc1. The van der Waals surface area contributed by atoms with Crippen LogP contribution in [0.1, 0.15) is 32.8 Å². The fraction of sp³-hybridized carbons (Fsp3) is 0.571. The molecule has 0 aliphatic heterocycles. The van der Waals surface area contributed by atoms with E-state index in [1.807, 2.05) is 13.8 Å². The molecule has 0 bridgehead atoms. The van der Waals surface area contributed by atoms with E-state index in [1.165, 1.54) is 6.92 Å². The number of ether oxygens (including phenoxy) is 1. The topological polar surface area (TPSA) is 21.3 Å². The van der Waals surface area contributed by atoms with E-state index in [1.54, 1.807) is 24.3 Å². The van der Waals surface area contributed by atoms with Gasteiger partial charge in [0.2, 0.25) is 0 Å². The van der Waals surface area contributed by atoms with Crippen molar-refractivity contribution in [3.8, 4) is 5.75 Å². The third-order valence-corrected chi connectivity index (χ3v) is 2.91. The van der Waals surface area contributed by atoms with Gasteiger partial charge in [0.05, 0.1) is 6.61 Å². The summed E-state index contributed by atoms with van der Waals surface area (Å²) in [6.07, 6.45) is -1.53. The van der Waals surface area contributed by atoms with Crippen LogP contribution < -0.4 is 10.1 Å². The Labute approximate surface area is 107 Å². The second kappa shape index (κ2) is 6.69. The van der Waals surface area contributed by atoms with Crippen molar-refractivity contribution in [1.29, 1.82) is 0 Å². The van der Waals surface area contributed by atoms with Gasteiger partial charge < -0.3 is 10.1 Å². The molecule has 0 aliphatic carbocycles. The summed E-state index contributed by atoms with van der Waals surface area (Å²) in [5, 5.41) is 2.85. The van der Waals surface area contributed by atoms with Crippen LogP contribution in [0.5, 0.6) is 5.75 Å². The molecule has 0 aliphatic rings. The first-order valence-electron chi connectivity index (χ1n) is 6.31. The van der Waals surface area contributed by atoms with Crippen LogP contribution in [0.4, 0.5) is 8.78 Å². The molecular formula is C14H21F2NO. The predicted molar refractivity (Wildman–Crippen MR) is 69.3 cm³/mol. The highest BCUT2D eigenvalue weighted by molar-refractivity contribution is 5.32. The molecule has 2 nitrogen and oxygen atoms in total. The lowest BCUT2D eigenvalue weighted by atomic mass is 9.92. The normalized spacial score (nSPS) is 14.6. The molecule has 0 radical (unpaired) electrons. The Balaban J connectivity index is 2.87. The highest BCUT2D eigenvalue weighted by atomic mass is 19.3. The molecule has 1 rings (SSSR count). The second-order valence-corrected chi connectivity index (χ2v) is 4.41. The van der Waals surface area contributed by atoms with Crippen LogP contribution in [0.15, 0.2) is 24.3 Å². The summed E-state index contributed by atoms with van der Waals surface area (Å²) in [5.74, 6) is 0.716. The lowest BCUT2D eigenvalue weighted by Crippen LogP contribution is -2.45. The standard InChI is InChI=1S/C14H21F2NO/c1-4-10-18-12-8-6-11(7-9-12)14(3,13(15)16)17-5-2/h6-9,13,17H,4-5,10H2,1-3H3. The largest absolute Gasteiger partial charge is 0.494 e. The summed E-state index contributed by atoms with van der Waals surface area (Å²) < 4.78 is 31.8. The molecule has 0 amide bonds. The van der Waals surface area contributed by atoms with Gasteiger partial charge in [0.1, 0.15) is 11.3 Å². The van der Waals surface area contributed by atoms with Crippen molar-refractivity contribution in [3.63, 3.8) is 0 Å². The zero-order chi connectivity index (χ0) is 13.6. The smallest absolute Gasteiger partial charge is 0.260 e. The fourth-order valence-electron chi connectivity index (χ4n) is 1.79. The molecule has 0 spiro atoms. The average Bonchev–Trinajstić information content (AvgIpc) is 2.37. The molecule has 0 saturated heterocycles. The molecule has 0 fully saturated rings. The minimum absolute atomic E-state index is 0.495. The Morgan fingerprint density at radius 1 is 1.22 bits per heavy atom. The van der Waals surface area contributed by atoms with Crippen molar-refractivity contribution in [1.82, 2.24) is 5.32 Å². The van der Waals surface area contributed by atoms with Gasteiger partial charge in [0.25, 0.3) is 6.43 Å². The molecule has 18 heavy (non-hydrogen) atoms. The van der Waals surface area contributed by atoms with E-state index in [0.717, 1.165) is 6.42 Å². The molecule has 0 aromatic heterocycles. The maximum absolute atomic E-state index is 13.2. The van der Waals surface area contributed by atoms with E-state index in [0.29, 0.717) is 24.5 Å². The zero-order valence-corrected chi connectivity index (χ0v) is 11.2. The Kier molecular flexibility index (Phi) is 5.54. The third-order valence-electron chi connectivity index (χ3n) is 2.91. The monoisotopic (exact) mass is 257 g/mol. The summed E-state index contributed by atoms with van der Waals surface area (Å²) in [4.78, 5) is 0. The Bertz CT molecular complexity index is 353. The lowest BCUT2D eigenvalue weighted by Gasteiger charge is -2.30. The zero-order valence-electron chi connectivity index (χ0n) is 11.2. The van der Waals surface area contributed by atoms with Gasteiger partial charge in [-0.2, -0.15) is 0 Å². The van der Waals surface area contributed by atoms with Crippen molar-refractivity contribution in [2.75, 3.05) is 13.2 Å². The van der Waals surface area contributed by atoms with Crippen LogP contribution in [-0.4, -0.2) is 19.6 Å². The molecule has 0 saturated carbocycles. The lowest BCUT2D eigenvalue weighted by molar-refractivity contribution is 0.0394. The van der Waals surface area contributed by atoms with E-state index >= 15 is 0 Å². The molecular weight excluding hydrogens is 236 g/mol. The molecule has 1 unspecified atom stereocenters. The van der Waals surface area contributed by atoms with Gasteiger partial charge in [-0.25, -0.2) is 8.78 Å². The van der Waals surface area contributed by atoms with Gasteiger partial charge in [-0.1, -0.05) is 26.0 Å². The van der Waals surface area contributed by atoms with Crippen LogP contribution in [0, 0.1) is 0 Å². The number of hydrogen-bond acceptors (Lipinski definition) is 2. The average molecular weight is 257 g/mol. The summed E-state index contributed by atoms with van der Waals surface area (Å²) in [5.41, 5.74) is -0.735. The number of halogens is 2. The Hall–Kier alpha value is -1.16. The first-order chi connectivity index (χ1) is 8.54. The van der Waals surface area contributed by atoms with Crippen molar-refractivity contribution >= 4 is 0 Å². The van der Waals surface area contributed by atoms with E-state index in [9.17, 15) is 8.78 Å². The molecule has 0 heterocycles. The molecule has 1 aromatic rings. The van der Waals surface area contributed by atoms with Gasteiger partial charge in [-0.3, -0.25) is 0 Å². The first kappa shape index (κ1) is 14.9. The predicted octanol–water partition coefficient (Wildman–Crippen LogP) is 3.57. The van der Waals surface area contributed by atoms with E-state index < -0.39 is 12.0 Å². The highest BCUT2D eigenvalue weighted by Crippen LogP contribution is 2.29. The molecule has 1 atom stereocenters. The quantitative estimate of drug-likeness (QED) is 0.806. The van der Waals surface area contributed by atoms with Crippen molar-refractivity contribution in [2.45, 2.75) is 39.2 Å². The van der Waals surface area contributed by atoms with E-state index in [4.69, 9.17) is 4.74 Å². The van der Waals surface area contributed by atoms with Gasteiger partial charge in [0.15, 0.2) is 0 Å². The summed E-state index contributed by atoms with van der Waals surface area (Å²) in [6, 6.07) is 6.87. The van der Waals surface area contributed by atoms with Gasteiger partial charge >= 0.3 is 0 Å². The molecule has 102 valence electrons. The maximum Gasteiger partial charge on any atom is 0.260 e. The van der Waals surface area contributed by atoms with Crippen LogP contribution in [0.2, 0.25) is 0 Å². The van der Waals surface area contributed by atoms with Crippen LogP contribution >= 0.6 is 0 Å². The maximum atomic E-state index is 13.2. The van der Waals surface area contributed by atoms with Crippen molar-refractivity contribution in [2.24, 2.45) is 0 Å². The summed E-state index contributed by atoms with van der Waals surface area (Å²) in [7, 11) is 0. The number of nitrogens with one attached hydrogen (secondary N) is 1. The molecule has 1 aromatic carbocycles. The van der Waals surface area contributed by atoms with Gasteiger partial charge in [-0.05, 0) is 37.6 Å². The van der Waals surface area contributed by atoms with Gasteiger partial charge in [-0.15, -0.1) is 0 Å². The number of hydrogen-bond donors (Lipinski definition) is 1. The Morgan fingerprint density at radius 3 is 2.28 bits per heavy atom. The summed E-state index contributed by atoms with van der Waals surface area (Å²) in [6.45, 7) is 6.49.